The van der Waals surface area contributed by atoms with Gasteiger partial charge in [-0.3, -0.25) is 13.8 Å². The fourth-order valence-corrected chi connectivity index (χ4v) is 4.35. The van der Waals surface area contributed by atoms with Crippen molar-refractivity contribution in [1.29, 1.82) is 0 Å². The van der Waals surface area contributed by atoms with Gasteiger partial charge in [0, 0.05) is 5.75 Å². The van der Waals surface area contributed by atoms with Gasteiger partial charge in [0.05, 0.1) is 17.4 Å². The summed E-state index contributed by atoms with van der Waals surface area (Å²) in [7, 11) is 0. The Morgan fingerprint density at radius 2 is 1.41 bits per heavy atom. The third-order valence-electron chi connectivity index (χ3n) is 4.87. The second kappa shape index (κ2) is 7.56. The molecule has 0 aliphatic heterocycles. The molecule has 3 aromatic carbocycles. The van der Waals surface area contributed by atoms with Gasteiger partial charge in [0.25, 0.3) is 5.56 Å². The molecule has 2 aromatic heterocycles. The first-order valence-corrected chi connectivity index (χ1v) is 10.4. The molecule has 6 heteroatoms. The quantitative estimate of drug-likeness (QED) is 0.412. The Bertz CT molecular complexity index is 1340. The average molecular weight is 398 g/mol. The maximum atomic E-state index is 13.2. The number of hydrogen-bond acceptors (Lipinski definition) is 4. The number of hydrogen-bond donors (Lipinski definition) is 0. The van der Waals surface area contributed by atoms with E-state index in [0.29, 0.717) is 17.7 Å². The van der Waals surface area contributed by atoms with Crippen LogP contribution < -0.4 is 5.56 Å². The van der Waals surface area contributed by atoms with Crippen LogP contribution in [0.15, 0.2) is 94.9 Å². The number of rotatable bonds is 5. The molecule has 0 radical (unpaired) electrons. The average Bonchev–Trinajstić information content (AvgIpc) is 3.21. The van der Waals surface area contributed by atoms with Gasteiger partial charge in [0.15, 0.2) is 5.16 Å². The first-order chi connectivity index (χ1) is 14.3. The highest BCUT2D eigenvalue weighted by Gasteiger charge is 2.17. The molecule has 142 valence electrons. The van der Waals surface area contributed by atoms with Crippen molar-refractivity contribution in [2.75, 3.05) is 0 Å². The van der Waals surface area contributed by atoms with Gasteiger partial charge < -0.3 is 0 Å². The van der Waals surface area contributed by atoms with Crippen molar-refractivity contribution in [2.24, 2.45) is 0 Å². The molecular formula is C23H18N4OS. The van der Waals surface area contributed by atoms with Gasteiger partial charge in [0.2, 0.25) is 5.78 Å². The van der Waals surface area contributed by atoms with Gasteiger partial charge in [0.1, 0.15) is 0 Å². The molecule has 0 fully saturated rings. The third kappa shape index (κ3) is 3.32. The van der Waals surface area contributed by atoms with E-state index in [-0.39, 0.29) is 5.56 Å². The Kier molecular flexibility index (Phi) is 4.62. The van der Waals surface area contributed by atoms with Crippen molar-refractivity contribution in [1.82, 2.24) is 19.2 Å². The fraction of sp³-hybridized carbons (Fsp3) is 0.0870. The van der Waals surface area contributed by atoms with Crippen LogP contribution in [0.2, 0.25) is 0 Å². The van der Waals surface area contributed by atoms with Crippen molar-refractivity contribution in [2.45, 2.75) is 17.5 Å². The summed E-state index contributed by atoms with van der Waals surface area (Å²) in [5, 5.41) is 10.3. The predicted molar refractivity (Wildman–Crippen MR) is 116 cm³/mol. The van der Waals surface area contributed by atoms with E-state index in [2.05, 4.69) is 22.3 Å². The van der Waals surface area contributed by atoms with Crippen molar-refractivity contribution in [3.8, 4) is 0 Å². The van der Waals surface area contributed by atoms with E-state index in [9.17, 15) is 4.79 Å². The summed E-state index contributed by atoms with van der Waals surface area (Å²) >= 11 is 1.62. The summed E-state index contributed by atoms with van der Waals surface area (Å²) in [6, 6.07) is 27.9. The van der Waals surface area contributed by atoms with E-state index < -0.39 is 0 Å². The van der Waals surface area contributed by atoms with Crippen molar-refractivity contribution in [3.63, 3.8) is 0 Å². The zero-order valence-corrected chi connectivity index (χ0v) is 16.4. The van der Waals surface area contributed by atoms with Gasteiger partial charge in [-0.25, -0.2) is 0 Å². The molecule has 0 aliphatic carbocycles. The van der Waals surface area contributed by atoms with Crippen molar-refractivity contribution in [3.05, 3.63) is 106 Å². The van der Waals surface area contributed by atoms with Crippen molar-refractivity contribution >= 4 is 28.4 Å². The largest absolute Gasteiger partial charge is 0.272 e. The molecule has 5 nitrogen and oxygen atoms in total. The Morgan fingerprint density at radius 1 is 0.759 bits per heavy atom. The SMILES string of the molecule is O=c1c2ccccc2n2c(SCc3ccccc3)nnc2n1Cc1ccccc1. The Balaban J connectivity index is 1.66. The highest BCUT2D eigenvalue weighted by Crippen LogP contribution is 2.24. The lowest BCUT2D eigenvalue weighted by Crippen LogP contribution is -2.24. The molecular weight excluding hydrogens is 380 g/mol. The summed E-state index contributed by atoms with van der Waals surface area (Å²) in [6.07, 6.45) is 0. The van der Waals surface area contributed by atoms with Crippen LogP contribution in [0.5, 0.6) is 0 Å². The van der Waals surface area contributed by atoms with E-state index in [1.165, 1.54) is 5.56 Å². The zero-order chi connectivity index (χ0) is 19.6. The molecule has 0 saturated heterocycles. The smallest absolute Gasteiger partial charge is 0.263 e. The van der Waals surface area contributed by atoms with E-state index in [4.69, 9.17) is 0 Å². The topological polar surface area (TPSA) is 52.2 Å². The van der Waals surface area contributed by atoms with Crippen LogP contribution in [-0.4, -0.2) is 19.2 Å². The Hall–Kier alpha value is -3.38. The summed E-state index contributed by atoms with van der Waals surface area (Å²) < 4.78 is 3.70. The highest BCUT2D eigenvalue weighted by molar-refractivity contribution is 7.98. The molecule has 0 N–H and O–H groups in total. The van der Waals surface area contributed by atoms with Crippen LogP contribution >= 0.6 is 11.8 Å². The fourth-order valence-electron chi connectivity index (χ4n) is 3.46. The van der Waals surface area contributed by atoms with Gasteiger partial charge in [-0.1, -0.05) is 84.6 Å². The maximum absolute atomic E-state index is 13.2. The normalized spacial score (nSPS) is 11.3. The first kappa shape index (κ1) is 17.7. The number of nitrogens with zero attached hydrogens (tertiary/aromatic N) is 4. The predicted octanol–water partition coefficient (Wildman–Crippen LogP) is 4.38. The number of thioether (sulfide) groups is 1. The van der Waals surface area contributed by atoms with Gasteiger partial charge >= 0.3 is 0 Å². The summed E-state index contributed by atoms with van der Waals surface area (Å²) in [4.78, 5) is 13.2. The minimum atomic E-state index is -0.0519. The molecule has 5 rings (SSSR count). The maximum Gasteiger partial charge on any atom is 0.263 e. The number of fused-ring (bicyclic) bond motifs is 3. The second-order valence-electron chi connectivity index (χ2n) is 6.79. The van der Waals surface area contributed by atoms with Crippen LogP contribution in [-0.2, 0) is 12.3 Å². The van der Waals surface area contributed by atoms with E-state index in [1.54, 1.807) is 16.3 Å². The van der Waals surface area contributed by atoms with Gasteiger partial charge in [-0.05, 0) is 23.3 Å². The van der Waals surface area contributed by atoms with Crippen molar-refractivity contribution < 1.29 is 0 Å². The zero-order valence-electron chi connectivity index (χ0n) is 15.6. The standard InChI is InChI=1S/C23H18N4OS/c28-21-19-13-7-8-14-20(19)27-22(26(21)15-17-9-3-1-4-10-17)24-25-23(27)29-16-18-11-5-2-6-12-18/h1-14H,15-16H2. The third-order valence-corrected chi connectivity index (χ3v) is 5.87. The molecule has 0 unspecified atom stereocenters. The molecule has 0 bridgehead atoms. The minimum Gasteiger partial charge on any atom is -0.272 e. The van der Waals surface area contributed by atoms with Crippen LogP contribution in [0.4, 0.5) is 0 Å². The monoisotopic (exact) mass is 398 g/mol. The molecule has 0 spiro atoms. The lowest BCUT2D eigenvalue weighted by Gasteiger charge is -2.11. The van der Waals surface area contributed by atoms with Gasteiger partial charge in [-0.15, -0.1) is 10.2 Å². The van der Waals surface area contributed by atoms with Gasteiger partial charge in [-0.2, -0.15) is 0 Å². The lowest BCUT2D eigenvalue weighted by molar-refractivity contribution is 0.764. The number of benzene rings is 3. The molecule has 0 amide bonds. The second-order valence-corrected chi connectivity index (χ2v) is 7.73. The van der Waals surface area contributed by atoms with E-state index in [1.807, 2.05) is 77.2 Å². The summed E-state index contributed by atoms with van der Waals surface area (Å²) in [5.41, 5.74) is 3.05. The molecule has 0 aliphatic rings. The van der Waals surface area contributed by atoms with Crippen LogP contribution in [0, 0.1) is 0 Å². The minimum absolute atomic E-state index is 0.0519. The van der Waals surface area contributed by atoms with Crippen LogP contribution in [0.3, 0.4) is 0 Å². The number of aromatic nitrogens is 4. The summed E-state index contributed by atoms with van der Waals surface area (Å²) in [6.45, 7) is 0.454. The molecule has 2 heterocycles. The van der Waals surface area contributed by atoms with Crippen LogP contribution in [0.25, 0.3) is 16.7 Å². The first-order valence-electron chi connectivity index (χ1n) is 9.38. The lowest BCUT2D eigenvalue weighted by atomic mass is 10.2. The number of para-hydroxylation sites is 1. The summed E-state index contributed by atoms with van der Waals surface area (Å²) in [5.74, 6) is 1.35. The van der Waals surface area contributed by atoms with E-state index in [0.717, 1.165) is 22.0 Å². The molecule has 0 saturated carbocycles. The van der Waals surface area contributed by atoms with Crippen LogP contribution in [0.1, 0.15) is 11.1 Å². The molecule has 0 atom stereocenters. The molecule has 5 aromatic rings. The Morgan fingerprint density at radius 3 is 2.17 bits per heavy atom. The van der Waals surface area contributed by atoms with E-state index >= 15 is 0 Å². The molecule has 29 heavy (non-hydrogen) atoms. The highest BCUT2D eigenvalue weighted by atomic mass is 32.2. The Labute approximate surface area is 171 Å².